The van der Waals surface area contributed by atoms with Crippen molar-refractivity contribution in [1.82, 2.24) is 0 Å². The van der Waals surface area contributed by atoms with Crippen LogP contribution in [0.1, 0.15) is 16.7 Å². The first-order valence-electron chi connectivity index (χ1n) is 6.23. The second-order valence-corrected chi connectivity index (χ2v) is 4.57. The van der Waals surface area contributed by atoms with Gasteiger partial charge in [0.1, 0.15) is 18.2 Å². The van der Waals surface area contributed by atoms with Crippen molar-refractivity contribution in [3.8, 4) is 5.75 Å². The fraction of sp³-hybridized carbons (Fsp3) is 0.188. The smallest absolute Gasteiger partial charge is 0.307 e. The van der Waals surface area contributed by atoms with Crippen LogP contribution < -0.4 is 4.74 Å². The lowest BCUT2D eigenvalue weighted by atomic mass is 10.1. The van der Waals surface area contributed by atoms with Crippen LogP contribution in [0.2, 0.25) is 0 Å². The molecule has 0 unspecified atom stereocenters. The minimum Gasteiger partial charge on any atom is -0.489 e. The Hall–Kier alpha value is -2.36. The molecule has 0 aliphatic carbocycles. The Bertz CT molecular complexity index is 606. The molecule has 0 saturated carbocycles. The summed E-state index contributed by atoms with van der Waals surface area (Å²) in [4.78, 5) is 10.6. The Labute approximate surface area is 116 Å². The van der Waals surface area contributed by atoms with Crippen LogP contribution in [0.3, 0.4) is 0 Å². The van der Waals surface area contributed by atoms with E-state index >= 15 is 0 Å². The molecule has 0 heterocycles. The van der Waals surface area contributed by atoms with E-state index in [-0.39, 0.29) is 18.8 Å². The number of aryl methyl sites for hydroxylation is 1. The molecule has 4 heteroatoms. The topological polar surface area (TPSA) is 46.5 Å². The fourth-order valence-corrected chi connectivity index (χ4v) is 1.83. The van der Waals surface area contributed by atoms with E-state index in [1.54, 1.807) is 30.3 Å². The third kappa shape index (κ3) is 3.82. The van der Waals surface area contributed by atoms with Gasteiger partial charge in [0.15, 0.2) is 0 Å². The molecule has 0 atom stereocenters. The second-order valence-electron chi connectivity index (χ2n) is 4.57. The number of carboxylic acids is 1. The van der Waals surface area contributed by atoms with Crippen molar-refractivity contribution in [2.45, 2.75) is 20.0 Å². The maximum atomic E-state index is 13.1. The quantitative estimate of drug-likeness (QED) is 0.909. The Balaban J connectivity index is 2.00. The van der Waals surface area contributed by atoms with Gasteiger partial charge in [-0.2, -0.15) is 0 Å². The van der Waals surface area contributed by atoms with E-state index in [4.69, 9.17) is 9.84 Å². The van der Waals surface area contributed by atoms with Gasteiger partial charge in [-0.3, -0.25) is 4.79 Å². The molecule has 2 aromatic rings. The molecule has 1 N–H and O–H groups in total. The number of halogens is 1. The zero-order chi connectivity index (χ0) is 14.5. The molecule has 0 fully saturated rings. The molecule has 0 radical (unpaired) electrons. The number of aliphatic carboxylic acids is 1. The number of carboxylic acid groups (broad SMARTS) is 1. The highest BCUT2D eigenvalue weighted by Gasteiger charge is 2.03. The molecule has 2 aromatic carbocycles. The summed E-state index contributed by atoms with van der Waals surface area (Å²) >= 11 is 0. The van der Waals surface area contributed by atoms with Gasteiger partial charge < -0.3 is 9.84 Å². The summed E-state index contributed by atoms with van der Waals surface area (Å²) in [6, 6.07) is 11.4. The van der Waals surface area contributed by atoms with Gasteiger partial charge in [-0.05, 0) is 47.9 Å². The van der Waals surface area contributed by atoms with Gasteiger partial charge in [0.25, 0.3) is 0 Å². The van der Waals surface area contributed by atoms with Crippen molar-refractivity contribution >= 4 is 5.97 Å². The summed E-state index contributed by atoms with van der Waals surface area (Å²) in [6.45, 7) is 2.18. The maximum Gasteiger partial charge on any atom is 0.307 e. The fourth-order valence-electron chi connectivity index (χ4n) is 1.83. The van der Waals surface area contributed by atoms with Crippen molar-refractivity contribution in [2.24, 2.45) is 0 Å². The molecule has 2 rings (SSSR count). The molecule has 0 spiro atoms. The van der Waals surface area contributed by atoms with Gasteiger partial charge in [-0.25, -0.2) is 4.39 Å². The lowest BCUT2D eigenvalue weighted by Gasteiger charge is -2.09. The number of rotatable bonds is 5. The van der Waals surface area contributed by atoms with E-state index in [2.05, 4.69) is 0 Å². The summed E-state index contributed by atoms with van der Waals surface area (Å²) in [6.07, 6.45) is -0.0106. The van der Waals surface area contributed by atoms with E-state index in [9.17, 15) is 9.18 Å². The average Bonchev–Trinajstić information content (AvgIpc) is 2.41. The minimum atomic E-state index is -0.867. The van der Waals surface area contributed by atoms with Crippen LogP contribution in [-0.4, -0.2) is 11.1 Å². The Morgan fingerprint density at radius 2 is 1.90 bits per heavy atom. The lowest BCUT2D eigenvalue weighted by Crippen LogP contribution is -2.01. The normalized spacial score (nSPS) is 10.3. The van der Waals surface area contributed by atoms with Crippen molar-refractivity contribution in [2.75, 3.05) is 0 Å². The van der Waals surface area contributed by atoms with Crippen LogP contribution >= 0.6 is 0 Å². The molecule has 0 bridgehead atoms. The lowest BCUT2D eigenvalue weighted by molar-refractivity contribution is -0.136. The minimum absolute atomic E-state index is 0.0106. The van der Waals surface area contributed by atoms with E-state index in [1.807, 2.05) is 6.92 Å². The monoisotopic (exact) mass is 274 g/mol. The molecule has 104 valence electrons. The molecule has 0 aromatic heterocycles. The van der Waals surface area contributed by atoms with Gasteiger partial charge in [-0.1, -0.05) is 18.2 Å². The van der Waals surface area contributed by atoms with Crippen LogP contribution in [0.15, 0.2) is 42.5 Å². The first kappa shape index (κ1) is 14.1. The van der Waals surface area contributed by atoms with Crippen molar-refractivity contribution in [1.29, 1.82) is 0 Å². The van der Waals surface area contributed by atoms with Gasteiger partial charge in [0.2, 0.25) is 0 Å². The van der Waals surface area contributed by atoms with Gasteiger partial charge >= 0.3 is 5.97 Å². The van der Waals surface area contributed by atoms with Crippen LogP contribution in [0, 0.1) is 12.7 Å². The highest BCUT2D eigenvalue weighted by molar-refractivity contribution is 5.70. The van der Waals surface area contributed by atoms with Crippen LogP contribution in [0.4, 0.5) is 4.39 Å². The second kappa shape index (κ2) is 6.19. The molecular weight excluding hydrogens is 259 g/mol. The van der Waals surface area contributed by atoms with Crippen LogP contribution in [-0.2, 0) is 17.8 Å². The largest absolute Gasteiger partial charge is 0.489 e. The average molecular weight is 274 g/mol. The van der Waals surface area contributed by atoms with Gasteiger partial charge in [0, 0.05) is 0 Å². The summed E-state index contributed by atoms with van der Waals surface area (Å²) < 4.78 is 18.7. The number of hydrogen-bond acceptors (Lipinski definition) is 2. The zero-order valence-electron chi connectivity index (χ0n) is 11.1. The molecule has 0 aliphatic rings. The van der Waals surface area contributed by atoms with Crippen molar-refractivity contribution < 1.29 is 19.0 Å². The highest BCUT2D eigenvalue weighted by Crippen LogP contribution is 2.17. The first-order chi connectivity index (χ1) is 9.54. The van der Waals surface area contributed by atoms with Crippen molar-refractivity contribution in [3.05, 3.63) is 65.0 Å². The number of hydrogen-bond donors (Lipinski definition) is 1. The number of ether oxygens (including phenoxy) is 1. The number of carbonyl (C=O) groups is 1. The maximum absolute atomic E-state index is 13.1. The Morgan fingerprint density at radius 1 is 1.20 bits per heavy atom. The van der Waals surface area contributed by atoms with Crippen LogP contribution in [0.25, 0.3) is 0 Å². The zero-order valence-corrected chi connectivity index (χ0v) is 11.1. The SMILES string of the molecule is Cc1ccc(F)cc1COc1ccc(CC(=O)O)cc1. The van der Waals surface area contributed by atoms with Crippen molar-refractivity contribution in [3.63, 3.8) is 0 Å². The summed E-state index contributed by atoms with van der Waals surface area (Å²) in [5.41, 5.74) is 2.47. The molecule has 0 saturated heterocycles. The van der Waals surface area contributed by atoms with Gasteiger partial charge in [0.05, 0.1) is 6.42 Å². The van der Waals surface area contributed by atoms with E-state index in [0.29, 0.717) is 11.3 Å². The van der Waals surface area contributed by atoms with E-state index < -0.39 is 5.97 Å². The highest BCUT2D eigenvalue weighted by atomic mass is 19.1. The number of benzene rings is 2. The molecule has 0 aliphatic heterocycles. The molecule has 3 nitrogen and oxygen atoms in total. The predicted octanol–water partition coefficient (Wildman–Crippen LogP) is 3.34. The predicted molar refractivity (Wildman–Crippen MR) is 73.3 cm³/mol. The summed E-state index contributed by atoms with van der Waals surface area (Å²) in [5, 5.41) is 8.68. The molecule has 0 amide bonds. The third-order valence-electron chi connectivity index (χ3n) is 2.98. The molecular formula is C16H15FO3. The summed E-state index contributed by atoms with van der Waals surface area (Å²) in [7, 11) is 0. The Kier molecular flexibility index (Phi) is 4.35. The Morgan fingerprint density at radius 3 is 2.55 bits per heavy atom. The van der Waals surface area contributed by atoms with E-state index in [0.717, 1.165) is 11.1 Å². The van der Waals surface area contributed by atoms with Gasteiger partial charge in [-0.15, -0.1) is 0 Å². The molecule has 20 heavy (non-hydrogen) atoms. The van der Waals surface area contributed by atoms with Crippen LogP contribution in [0.5, 0.6) is 5.75 Å². The standard InChI is InChI=1S/C16H15FO3/c1-11-2-5-14(17)9-13(11)10-20-15-6-3-12(4-7-15)8-16(18)19/h2-7,9H,8,10H2,1H3,(H,18,19). The summed E-state index contributed by atoms with van der Waals surface area (Å²) in [5.74, 6) is -0.525. The first-order valence-corrected chi connectivity index (χ1v) is 6.23. The third-order valence-corrected chi connectivity index (χ3v) is 2.98. The van der Waals surface area contributed by atoms with E-state index in [1.165, 1.54) is 12.1 Å².